The average molecular weight is 408 g/mol. The summed E-state index contributed by atoms with van der Waals surface area (Å²) in [7, 11) is -3.12. The summed E-state index contributed by atoms with van der Waals surface area (Å²) in [6.07, 6.45) is 0.525. The van der Waals surface area contributed by atoms with Gasteiger partial charge in [0.1, 0.15) is 0 Å². The highest BCUT2D eigenvalue weighted by atomic mass is 35.5. The van der Waals surface area contributed by atoms with Crippen molar-refractivity contribution in [2.75, 3.05) is 18.8 Å². The van der Waals surface area contributed by atoms with Gasteiger partial charge in [0.05, 0.1) is 18.1 Å². The van der Waals surface area contributed by atoms with E-state index in [-0.39, 0.29) is 11.5 Å². The van der Waals surface area contributed by atoms with Crippen molar-refractivity contribution in [1.29, 1.82) is 0 Å². The Morgan fingerprint density at radius 3 is 2.48 bits per heavy atom. The molecule has 2 aromatic carbocycles. The first-order valence-electron chi connectivity index (χ1n) is 8.99. The zero-order chi connectivity index (χ0) is 19.5. The minimum absolute atomic E-state index is 0.0801. The first kappa shape index (κ1) is 21.3. The molecule has 0 aliphatic rings. The van der Waals surface area contributed by atoms with Crippen LogP contribution in [0.3, 0.4) is 0 Å². The van der Waals surface area contributed by atoms with E-state index in [2.05, 4.69) is 15.6 Å². The minimum atomic E-state index is -3.12. The van der Waals surface area contributed by atoms with Crippen LogP contribution in [0.1, 0.15) is 24.5 Å². The summed E-state index contributed by atoms with van der Waals surface area (Å²) in [5.41, 5.74) is 1.84. The van der Waals surface area contributed by atoms with Gasteiger partial charge in [-0.2, -0.15) is 0 Å². The van der Waals surface area contributed by atoms with Gasteiger partial charge in [0, 0.05) is 18.1 Å². The summed E-state index contributed by atoms with van der Waals surface area (Å²) in [6, 6.07) is 16.8. The third-order valence-electron chi connectivity index (χ3n) is 3.81. The van der Waals surface area contributed by atoms with Crippen molar-refractivity contribution in [2.24, 2.45) is 4.99 Å². The topological polar surface area (TPSA) is 70.6 Å². The highest BCUT2D eigenvalue weighted by Gasteiger charge is 2.11. The summed E-state index contributed by atoms with van der Waals surface area (Å²) >= 11 is 5.99. The maximum absolute atomic E-state index is 12.2. The Labute approximate surface area is 166 Å². The normalized spacial score (nSPS) is 12.0. The van der Waals surface area contributed by atoms with Crippen LogP contribution < -0.4 is 10.6 Å². The van der Waals surface area contributed by atoms with E-state index in [1.807, 2.05) is 61.5 Å². The Balaban J connectivity index is 1.80. The summed E-state index contributed by atoms with van der Waals surface area (Å²) < 4.78 is 24.5. The van der Waals surface area contributed by atoms with Crippen LogP contribution in [0.5, 0.6) is 0 Å². The first-order valence-corrected chi connectivity index (χ1v) is 11.2. The van der Waals surface area contributed by atoms with Crippen molar-refractivity contribution in [2.45, 2.75) is 25.6 Å². The molecule has 0 saturated heterocycles. The van der Waals surface area contributed by atoms with Crippen molar-refractivity contribution in [3.05, 3.63) is 70.7 Å². The lowest BCUT2D eigenvalue weighted by Gasteiger charge is -2.11. The lowest BCUT2D eigenvalue weighted by molar-refractivity contribution is 0.591. The lowest BCUT2D eigenvalue weighted by atomic mass is 10.2. The van der Waals surface area contributed by atoms with Crippen molar-refractivity contribution in [3.63, 3.8) is 0 Å². The number of halogens is 1. The number of guanidine groups is 1. The summed E-state index contributed by atoms with van der Waals surface area (Å²) in [6.45, 7) is 3.76. The predicted octanol–water partition coefficient (Wildman–Crippen LogP) is 3.40. The van der Waals surface area contributed by atoms with Gasteiger partial charge in [0.15, 0.2) is 15.8 Å². The number of aliphatic imine (C=N–C) groups is 1. The molecule has 0 saturated carbocycles. The molecule has 2 rings (SSSR count). The quantitative estimate of drug-likeness (QED) is 0.379. The van der Waals surface area contributed by atoms with Crippen molar-refractivity contribution >= 4 is 27.4 Å². The number of sulfone groups is 1. The van der Waals surface area contributed by atoms with Crippen LogP contribution in [0.2, 0.25) is 5.02 Å². The molecule has 0 atom stereocenters. The Hall–Kier alpha value is -2.05. The molecule has 5 nitrogen and oxygen atoms in total. The standard InChI is InChI=1S/C20H26ClN3O2S/c1-2-22-20(24-15-18-10-6-11-19(21)14-18)23-12-7-13-27(25,26)16-17-8-4-3-5-9-17/h3-6,8-11,14H,2,7,12-13,15-16H2,1H3,(H2,22,23,24). The number of hydrogen-bond acceptors (Lipinski definition) is 3. The number of hydrogen-bond donors (Lipinski definition) is 2. The highest BCUT2D eigenvalue weighted by molar-refractivity contribution is 7.90. The molecule has 0 aliphatic heterocycles. The van der Waals surface area contributed by atoms with Crippen LogP contribution in [0.25, 0.3) is 0 Å². The number of benzene rings is 2. The van der Waals surface area contributed by atoms with E-state index in [0.717, 1.165) is 17.7 Å². The Kier molecular flexibility index (Phi) is 8.61. The summed E-state index contributed by atoms with van der Waals surface area (Å²) in [5, 5.41) is 7.03. The third kappa shape index (κ3) is 8.45. The van der Waals surface area contributed by atoms with Gasteiger partial charge in [-0.3, -0.25) is 0 Å². The fourth-order valence-corrected chi connectivity index (χ4v) is 4.19. The van der Waals surface area contributed by atoms with Gasteiger partial charge in [-0.15, -0.1) is 0 Å². The van der Waals surface area contributed by atoms with Crippen molar-refractivity contribution in [3.8, 4) is 0 Å². The second-order valence-corrected chi connectivity index (χ2v) is 8.80. The van der Waals surface area contributed by atoms with E-state index >= 15 is 0 Å². The number of nitrogens with zero attached hydrogens (tertiary/aromatic N) is 1. The summed E-state index contributed by atoms with van der Waals surface area (Å²) in [5.74, 6) is 0.886. The van der Waals surface area contributed by atoms with Gasteiger partial charge in [-0.25, -0.2) is 13.4 Å². The van der Waals surface area contributed by atoms with Crippen LogP contribution >= 0.6 is 11.6 Å². The zero-order valence-corrected chi connectivity index (χ0v) is 17.1. The zero-order valence-electron chi connectivity index (χ0n) is 15.5. The summed E-state index contributed by atoms with van der Waals surface area (Å²) in [4.78, 5) is 4.51. The minimum Gasteiger partial charge on any atom is -0.357 e. The fourth-order valence-electron chi connectivity index (χ4n) is 2.55. The second kappa shape index (κ2) is 10.9. The van der Waals surface area contributed by atoms with Crippen LogP contribution in [0.15, 0.2) is 59.6 Å². The van der Waals surface area contributed by atoms with E-state index < -0.39 is 9.84 Å². The van der Waals surface area contributed by atoms with Gasteiger partial charge in [-0.1, -0.05) is 54.1 Å². The van der Waals surface area contributed by atoms with Crippen LogP contribution in [0, 0.1) is 0 Å². The Morgan fingerprint density at radius 1 is 1.04 bits per heavy atom. The molecule has 0 fully saturated rings. The molecule has 0 radical (unpaired) electrons. The van der Waals surface area contributed by atoms with Gasteiger partial charge in [-0.05, 0) is 36.6 Å². The van der Waals surface area contributed by atoms with Gasteiger partial charge < -0.3 is 10.6 Å². The van der Waals surface area contributed by atoms with E-state index in [1.54, 1.807) is 0 Å². The number of rotatable bonds is 9. The predicted molar refractivity (Wildman–Crippen MR) is 113 cm³/mol. The molecule has 0 heterocycles. The molecule has 0 aliphatic carbocycles. The molecule has 0 unspecified atom stereocenters. The van der Waals surface area contributed by atoms with Crippen molar-refractivity contribution < 1.29 is 8.42 Å². The van der Waals surface area contributed by atoms with E-state index in [9.17, 15) is 8.42 Å². The largest absolute Gasteiger partial charge is 0.357 e. The van der Waals surface area contributed by atoms with Crippen molar-refractivity contribution in [1.82, 2.24) is 10.6 Å². The van der Waals surface area contributed by atoms with E-state index in [1.165, 1.54) is 0 Å². The second-order valence-electron chi connectivity index (χ2n) is 6.18. The molecule has 7 heteroatoms. The molecule has 27 heavy (non-hydrogen) atoms. The average Bonchev–Trinajstić information content (AvgIpc) is 2.63. The molecule has 146 valence electrons. The van der Waals surface area contributed by atoms with E-state index in [4.69, 9.17) is 11.6 Å². The molecule has 0 spiro atoms. The molecule has 2 N–H and O–H groups in total. The molecule has 0 aromatic heterocycles. The smallest absolute Gasteiger partial charge is 0.191 e. The molecule has 0 bridgehead atoms. The first-order chi connectivity index (χ1) is 13.0. The highest BCUT2D eigenvalue weighted by Crippen LogP contribution is 2.11. The van der Waals surface area contributed by atoms with Crippen LogP contribution in [-0.2, 0) is 22.1 Å². The SMILES string of the molecule is CCNC(=NCc1cccc(Cl)c1)NCCCS(=O)(=O)Cc1ccccc1. The maximum Gasteiger partial charge on any atom is 0.191 e. The van der Waals surface area contributed by atoms with Gasteiger partial charge in [0.2, 0.25) is 0 Å². The molecular formula is C20H26ClN3O2S. The number of nitrogens with one attached hydrogen (secondary N) is 2. The van der Waals surface area contributed by atoms with Gasteiger partial charge in [0.25, 0.3) is 0 Å². The lowest BCUT2D eigenvalue weighted by Crippen LogP contribution is -2.38. The molecular weight excluding hydrogens is 382 g/mol. The molecule has 0 amide bonds. The monoisotopic (exact) mass is 407 g/mol. The van der Waals surface area contributed by atoms with Crippen LogP contribution in [-0.4, -0.2) is 33.2 Å². The maximum atomic E-state index is 12.2. The van der Waals surface area contributed by atoms with Gasteiger partial charge >= 0.3 is 0 Å². The Morgan fingerprint density at radius 2 is 1.78 bits per heavy atom. The Bertz CT molecular complexity index is 839. The van der Waals surface area contributed by atoms with Crippen LogP contribution in [0.4, 0.5) is 0 Å². The molecule has 2 aromatic rings. The third-order valence-corrected chi connectivity index (χ3v) is 5.73. The van der Waals surface area contributed by atoms with E-state index in [0.29, 0.717) is 30.5 Å². The fraction of sp³-hybridized carbons (Fsp3) is 0.350.